The fraction of sp³-hybridized carbons (Fsp3) is 0.0909. The molecule has 0 fully saturated rings. The highest BCUT2D eigenvalue weighted by molar-refractivity contribution is 5.96. The van der Waals surface area contributed by atoms with Crippen LogP contribution in [0.3, 0.4) is 0 Å². The molecule has 0 aliphatic rings. The van der Waals surface area contributed by atoms with Gasteiger partial charge in [-0.3, -0.25) is 4.79 Å². The number of aromatic nitrogens is 2. The first kappa shape index (κ1) is 18.5. The Kier molecular flexibility index (Phi) is 5.11. The fourth-order valence-electron chi connectivity index (χ4n) is 2.95. The number of anilines is 1. The number of methoxy groups -OCH3 is 1. The number of H-pyrrole nitrogens is 1. The molecule has 0 bridgehead atoms. The Morgan fingerprint density at radius 1 is 1.10 bits per heavy atom. The van der Waals surface area contributed by atoms with Crippen LogP contribution >= 0.6 is 0 Å². The zero-order valence-corrected chi connectivity index (χ0v) is 15.6. The quantitative estimate of drug-likeness (QED) is 0.500. The van der Waals surface area contributed by atoms with E-state index in [1.54, 1.807) is 19.2 Å². The van der Waals surface area contributed by atoms with Gasteiger partial charge in [0, 0.05) is 23.2 Å². The molecule has 2 N–H and O–H groups in total. The molecule has 2 aromatic carbocycles. The van der Waals surface area contributed by atoms with Crippen molar-refractivity contribution in [1.82, 2.24) is 9.97 Å². The zero-order valence-electron chi connectivity index (χ0n) is 15.6. The van der Waals surface area contributed by atoms with Gasteiger partial charge in [-0.05, 0) is 54.1 Å². The maximum atomic E-state index is 12.9. The molecule has 0 radical (unpaired) electrons. The molecule has 1 amide bonds. The van der Waals surface area contributed by atoms with Gasteiger partial charge in [0.1, 0.15) is 17.3 Å². The van der Waals surface area contributed by atoms with Gasteiger partial charge in [-0.1, -0.05) is 0 Å². The van der Waals surface area contributed by atoms with Gasteiger partial charge in [0.05, 0.1) is 25.4 Å². The molecular weight excluding hydrogens is 373 g/mol. The Labute approximate surface area is 166 Å². The van der Waals surface area contributed by atoms with E-state index in [9.17, 15) is 9.18 Å². The average Bonchev–Trinajstić information content (AvgIpc) is 3.13. The third kappa shape index (κ3) is 4.35. The second-order valence-electron chi connectivity index (χ2n) is 6.39. The van der Waals surface area contributed by atoms with Crippen molar-refractivity contribution in [3.8, 4) is 17.4 Å². The third-order valence-electron chi connectivity index (χ3n) is 4.38. The lowest BCUT2D eigenvalue weighted by atomic mass is 10.1. The monoisotopic (exact) mass is 391 g/mol. The highest BCUT2D eigenvalue weighted by atomic mass is 19.1. The van der Waals surface area contributed by atoms with Gasteiger partial charge in [0.2, 0.25) is 11.8 Å². The van der Waals surface area contributed by atoms with Gasteiger partial charge in [-0.15, -0.1) is 0 Å². The Hall–Kier alpha value is -3.87. The lowest BCUT2D eigenvalue weighted by Gasteiger charge is -2.07. The maximum absolute atomic E-state index is 12.9. The summed E-state index contributed by atoms with van der Waals surface area (Å²) in [6, 6.07) is 14.7. The highest BCUT2D eigenvalue weighted by Crippen LogP contribution is 2.24. The van der Waals surface area contributed by atoms with Crippen molar-refractivity contribution in [2.45, 2.75) is 6.42 Å². The standard InChI is InChI=1S/C22H18FN3O3/c1-28-18-7-8-20-19(11-18)14(12-24-20)10-21(27)26-16-4-9-22(25-13-16)29-17-5-2-15(23)3-6-17/h2-9,11-13,24H,10H2,1H3,(H,26,27). The van der Waals surface area contributed by atoms with Crippen molar-refractivity contribution in [3.63, 3.8) is 0 Å². The number of hydrogen-bond acceptors (Lipinski definition) is 4. The van der Waals surface area contributed by atoms with Gasteiger partial charge < -0.3 is 19.8 Å². The number of nitrogens with one attached hydrogen (secondary N) is 2. The summed E-state index contributed by atoms with van der Waals surface area (Å²) in [5.74, 6) is 1.06. The van der Waals surface area contributed by atoms with Crippen molar-refractivity contribution in [2.75, 3.05) is 12.4 Å². The summed E-state index contributed by atoms with van der Waals surface area (Å²) in [4.78, 5) is 19.8. The molecule has 2 aromatic heterocycles. The van der Waals surface area contributed by atoms with E-state index in [1.807, 2.05) is 24.4 Å². The molecule has 0 unspecified atom stereocenters. The summed E-state index contributed by atoms with van der Waals surface area (Å²) in [5, 5.41) is 3.77. The summed E-state index contributed by atoms with van der Waals surface area (Å²) >= 11 is 0. The minimum atomic E-state index is -0.336. The number of carbonyl (C=O) groups is 1. The number of benzene rings is 2. The smallest absolute Gasteiger partial charge is 0.228 e. The van der Waals surface area contributed by atoms with Crippen LogP contribution in [0.4, 0.5) is 10.1 Å². The second-order valence-corrected chi connectivity index (χ2v) is 6.39. The Morgan fingerprint density at radius 3 is 2.62 bits per heavy atom. The molecule has 0 saturated carbocycles. The van der Waals surface area contributed by atoms with Crippen LogP contribution in [0.25, 0.3) is 10.9 Å². The number of rotatable bonds is 6. The van der Waals surface area contributed by atoms with Gasteiger partial charge in [0.25, 0.3) is 0 Å². The normalized spacial score (nSPS) is 10.7. The number of pyridine rings is 1. The van der Waals surface area contributed by atoms with Crippen LogP contribution in [-0.2, 0) is 11.2 Å². The van der Waals surface area contributed by atoms with Crippen LogP contribution in [0, 0.1) is 5.82 Å². The maximum Gasteiger partial charge on any atom is 0.228 e. The largest absolute Gasteiger partial charge is 0.497 e. The van der Waals surface area contributed by atoms with Gasteiger partial charge >= 0.3 is 0 Å². The summed E-state index contributed by atoms with van der Waals surface area (Å²) in [5.41, 5.74) is 2.37. The van der Waals surface area contributed by atoms with E-state index < -0.39 is 0 Å². The average molecular weight is 391 g/mol. The van der Waals surface area contributed by atoms with Crippen molar-refractivity contribution in [1.29, 1.82) is 0 Å². The van der Waals surface area contributed by atoms with E-state index in [-0.39, 0.29) is 18.1 Å². The first-order chi connectivity index (χ1) is 14.1. The first-order valence-corrected chi connectivity index (χ1v) is 8.94. The van der Waals surface area contributed by atoms with Crippen LogP contribution in [0.1, 0.15) is 5.56 Å². The molecule has 146 valence electrons. The van der Waals surface area contributed by atoms with Crippen LogP contribution in [-0.4, -0.2) is 23.0 Å². The third-order valence-corrected chi connectivity index (χ3v) is 4.38. The van der Waals surface area contributed by atoms with Crippen molar-refractivity contribution >= 4 is 22.5 Å². The van der Waals surface area contributed by atoms with Gasteiger partial charge in [-0.2, -0.15) is 0 Å². The van der Waals surface area contributed by atoms with Gasteiger partial charge in [0.15, 0.2) is 0 Å². The van der Waals surface area contributed by atoms with E-state index in [4.69, 9.17) is 9.47 Å². The number of amides is 1. The molecule has 6 nitrogen and oxygen atoms in total. The van der Waals surface area contributed by atoms with Crippen molar-refractivity contribution in [2.24, 2.45) is 0 Å². The van der Waals surface area contributed by atoms with E-state index in [1.165, 1.54) is 30.5 Å². The predicted molar refractivity (Wildman–Crippen MR) is 108 cm³/mol. The Balaban J connectivity index is 1.40. The van der Waals surface area contributed by atoms with E-state index in [0.29, 0.717) is 17.3 Å². The molecular formula is C22H18FN3O3. The minimum absolute atomic E-state index is 0.164. The molecule has 29 heavy (non-hydrogen) atoms. The second kappa shape index (κ2) is 8.02. The molecule has 0 aliphatic heterocycles. The molecule has 0 spiro atoms. The summed E-state index contributed by atoms with van der Waals surface area (Å²) in [6.45, 7) is 0. The number of hydrogen-bond donors (Lipinski definition) is 2. The zero-order chi connectivity index (χ0) is 20.2. The van der Waals surface area contributed by atoms with Crippen molar-refractivity contribution in [3.05, 3.63) is 78.4 Å². The molecule has 2 heterocycles. The molecule has 0 aliphatic carbocycles. The summed E-state index contributed by atoms with van der Waals surface area (Å²) in [7, 11) is 1.61. The van der Waals surface area contributed by atoms with Crippen LogP contribution in [0.15, 0.2) is 67.0 Å². The lowest BCUT2D eigenvalue weighted by Crippen LogP contribution is -2.14. The molecule has 4 aromatic rings. The number of nitrogens with zero attached hydrogens (tertiary/aromatic N) is 1. The predicted octanol–water partition coefficient (Wildman–Crippen LogP) is 4.68. The summed E-state index contributed by atoms with van der Waals surface area (Å²) in [6.07, 6.45) is 3.54. The Morgan fingerprint density at radius 2 is 1.90 bits per heavy atom. The number of ether oxygens (including phenoxy) is 2. The fourth-order valence-corrected chi connectivity index (χ4v) is 2.95. The van der Waals surface area contributed by atoms with Crippen LogP contribution < -0.4 is 14.8 Å². The van der Waals surface area contributed by atoms with Crippen molar-refractivity contribution < 1.29 is 18.7 Å². The van der Waals surface area contributed by atoms with E-state index >= 15 is 0 Å². The summed E-state index contributed by atoms with van der Waals surface area (Å²) < 4.78 is 23.7. The number of aromatic amines is 1. The lowest BCUT2D eigenvalue weighted by molar-refractivity contribution is -0.115. The molecule has 7 heteroatoms. The number of fused-ring (bicyclic) bond motifs is 1. The Bertz CT molecular complexity index is 1140. The molecule has 4 rings (SSSR count). The van der Waals surface area contributed by atoms with Crippen LogP contribution in [0.2, 0.25) is 0 Å². The van der Waals surface area contributed by atoms with E-state index in [0.717, 1.165) is 22.2 Å². The topological polar surface area (TPSA) is 76.2 Å². The van der Waals surface area contributed by atoms with Crippen LogP contribution in [0.5, 0.6) is 17.4 Å². The number of halogens is 1. The van der Waals surface area contributed by atoms with E-state index in [2.05, 4.69) is 15.3 Å². The number of carbonyl (C=O) groups excluding carboxylic acids is 1. The SMILES string of the molecule is COc1ccc2[nH]cc(CC(=O)Nc3ccc(Oc4ccc(F)cc4)nc3)c2c1. The van der Waals surface area contributed by atoms with Gasteiger partial charge in [-0.25, -0.2) is 9.37 Å². The minimum Gasteiger partial charge on any atom is -0.497 e. The molecule has 0 saturated heterocycles. The first-order valence-electron chi connectivity index (χ1n) is 8.94. The molecule has 0 atom stereocenters. The highest BCUT2D eigenvalue weighted by Gasteiger charge is 2.10.